The van der Waals surface area contributed by atoms with Crippen LogP contribution in [0.5, 0.6) is 0 Å². The summed E-state index contributed by atoms with van der Waals surface area (Å²) in [5.41, 5.74) is 0. The molecule has 0 bridgehead atoms. The summed E-state index contributed by atoms with van der Waals surface area (Å²) in [7, 11) is 0. The van der Waals surface area contributed by atoms with Gasteiger partial charge >= 0.3 is 0 Å². The van der Waals surface area contributed by atoms with Crippen molar-refractivity contribution < 1.29 is 0 Å². The fourth-order valence-corrected chi connectivity index (χ4v) is 2.86. The molecular weight excluding hydrogens is 222 g/mol. The van der Waals surface area contributed by atoms with Gasteiger partial charge in [-0.3, -0.25) is 5.10 Å². The van der Waals surface area contributed by atoms with E-state index >= 15 is 0 Å². The minimum atomic E-state index is 0.638. The molecule has 1 fully saturated rings. The van der Waals surface area contributed by atoms with E-state index in [0.29, 0.717) is 5.92 Å². The number of nitrogens with zero attached hydrogens (tertiary/aromatic N) is 2. The van der Waals surface area contributed by atoms with E-state index in [0.717, 1.165) is 18.1 Å². The summed E-state index contributed by atoms with van der Waals surface area (Å²) in [6, 6.07) is 0. The molecule has 0 amide bonds. The van der Waals surface area contributed by atoms with Crippen molar-refractivity contribution in [2.45, 2.75) is 83.5 Å². The fraction of sp³-hybridized carbons (Fsp3) is 0.867. The molecule has 1 heterocycles. The number of aromatic amines is 1. The maximum Gasteiger partial charge on any atom is 0.153 e. The van der Waals surface area contributed by atoms with Crippen LogP contribution in [0.3, 0.4) is 0 Å². The number of hydrogen-bond acceptors (Lipinski definition) is 2. The van der Waals surface area contributed by atoms with Crippen LogP contribution in [0, 0.1) is 0 Å². The van der Waals surface area contributed by atoms with Gasteiger partial charge in [-0.1, -0.05) is 51.9 Å². The van der Waals surface area contributed by atoms with Gasteiger partial charge in [-0.25, -0.2) is 4.98 Å². The summed E-state index contributed by atoms with van der Waals surface area (Å²) in [5.74, 6) is 2.82. The lowest BCUT2D eigenvalue weighted by molar-refractivity contribution is 0.601. The molecule has 0 saturated heterocycles. The molecule has 0 radical (unpaired) electrons. The molecule has 0 aliphatic heterocycles. The Morgan fingerprint density at radius 3 is 2.56 bits per heavy atom. The van der Waals surface area contributed by atoms with E-state index < -0.39 is 0 Å². The Balaban J connectivity index is 1.64. The molecular formula is C15H27N3. The van der Waals surface area contributed by atoms with Crippen molar-refractivity contribution in [3.8, 4) is 0 Å². The van der Waals surface area contributed by atoms with Crippen molar-refractivity contribution in [3.63, 3.8) is 0 Å². The molecule has 1 aliphatic carbocycles. The number of rotatable bonds is 8. The SMILES string of the molecule is CCCCCCCCc1nc(C2CCCC2)n[nH]1. The molecule has 1 aliphatic rings. The highest BCUT2D eigenvalue weighted by Gasteiger charge is 2.20. The quantitative estimate of drug-likeness (QED) is 0.695. The molecule has 1 aromatic heterocycles. The molecule has 102 valence electrons. The third kappa shape index (κ3) is 4.11. The van der Waals surface area contributed by atoms with Crippen LogP contribution in [0.1, 0.15) is 88.7 Å². The van der Waals surface area contributed by atoms with Gasteiger partial charge in [0.1, 0.15) is 5.82 Å². The lowest BCUT2D eigenvalue weighted by Gasteiger charge is -2.01. The van der Waals surface area contributed by atoms with Gasteiger partial charge in [0, 0.05) is 12.3 Å². The van der Waals surface area contributed by atoms with Crippen molar-refractivity contribution in [1.29, 1.82) is 0 Å². The van der Waals surface area contributed by atoms with Gasteiger partial charge in [0.15, 0.2) is 5.82 Å². The second-order valence-electron chi connectivity index (χ2n) is 5.64. The number of H-pyrrole nitrogens is 1. The van der Waals surface area contributed by atoms with Crippen LogP contribution in [0.25, 0.3) is 0 Å². The van der Waals surface area contributed by atoms with Crippen LogP contribution >= 0.6 is 0 Å². The van der Waals surface area contributed by atoms with E-state index in [1.807, 2.05) is 0 Å². The molecule has 0 atom stereocenters. The maximum absolute atomic E-state index is 4.66. The lowest BCUT2D eigenvalue weighted by Crippen LogP contribution is -1.95. The number of hydrogen-bond donors (Lipinski definition) is 1. The predicted octanol–water partition coefficient (Wildman–Crippen LogP) is 4.37. The third-order valence-corrected chi connectivity index (χ3v) is 4.04. The van der Waals surface area contributed by atoms with E-state index in [2.05, 4.69) is 22.1 Å². The zero-order valence-corrected chi connectivity index (χ0v) is 11.7. The largest absolute Gasteiger partial charge is 0.263 e. The van der Waals surface area contributed by atoms with E-state index in [1.54, 1.807) is 0 Å². The van der Waals surface area contributed by atoms with Crippen LogP contribution in [0.4, 0.5) is 0 Å². The molecule has 1 N–H and O–H groups in total. The van der Waals surface area contributed by atoms with Gasteiger partial charge < -0.3 is 0 Å². The molecule has 3 heteroatoms. The van der Waals surface area contributed by atoms with Gasteiger partial charge in [-0.2, -0.15) is 5.10 Å². The first kappa shape index (κ1) is 13.6. The monoisotopic (exact) mass is 249 g/mol. The first-order valence-corrected chi connectivity index (χ1v) is 7.81. The number of unbranched alkanes of at least 4 members (excludes halogenated alkanes) is 5. The molecule has 1 aromatic rings. The maximum atomic E-state index is 4.66. The lowest BCUT2D eigenvalue weighted by atomic mass is 10.1. The average Bonchev–Trinajstić information content (AvgIpc) is 3.03. The van der Waals surface area contributed by atoms with Crippen LogP contribution < -0.4 is 0 Å². The Bertz CT molecular complexity index is 326. The van der Waals surface area contributed by atoms with Crippen LogP contribution in [0.2, 0.25) is 0 Å². The van der Waals surface area contributed by atoms with Crippen LogP contribution in [-0.2, 0) is 6.42 Å². The highest BCUT2D eigenvalue weighted by molar-refractivity contribution is 4.99. The minimum Gasteiger partial charge on any atom is -0.263 e. The van der Waals surface area contributed by atoms with Crippen LogP contribution in [-0.4, -0.2) is 15.2 Å². The summed E-state index contributed by atoms with van der Waals surface area (Å²) in [6.45, 7) is 2.26. The average molecular weight is 249 g/mol. The second-order valence-corrected chi connectivity index (χ2v) is 5.64. The number of aryl methyl sites for hydroxylation is 1. The van der Waals surface area contributed by atoms with Crippen molar-refractivity contribution in [2.75, 3.05) is 0 Å². The first-order valence-electron chi connectivity index (χ1n) is 7.81. The normalized spacial score (nSPS) is 16.5. The molecule has 0 aromatic carbocycles. The molecule has 3 nitrogen and oxygen atoms in total. The molecule has 1 saturated carbocycles. The van der Waals surface area contributed by atoms with E-state index in [4.69, 9.17) is 0 Å². The second kappa shape index (κ2) is 7.55. The Kier molecular flexibility index (Phi) is 5.69. The number of nitrogens with one attached hydrogen (secondary N) is 1. The van der Waals surface area contributed by atoms with Crippen molar-refractivity contribution in [1.82, 2.24) is 15.2 Å². The third-order valence-electron chi connectivity index (χ3n) is 4.04. The van der Waals surface area contributed by atoms with Gasteiger partial charge in [0.25, 0.3) is 0 Å². The standard InChI is InChI=1S/C15H27N3/c1-2-3-4-5-6-7-12-14-16-15(18-17-14)13-10-8-9-11-13/h13H,2-12H2,1H3,(H,16,17,18). The first-order chi connectivity index (χ1) is 8.90. The molecule has 2 rings (SSSR count). The summed E-state index contributed by atoms with van der Waals surface area (Å²) in [4.78, 5) is 4.66. The van der Waals surface area contributed by atoms with Gasteiger partial charge in [-0.15, -0.1) is 0 Å². The highest BCUT2D eigenvalue weighted by Crippen LogP contribution is 2.31. The molecule has 0 spiro atoms. The predicted molar refractivity (Wildman–Crippen MR) is 74.7 cm³/mol. The summed E-state index contributed by atoms with van der Waals surface area (Å²) >= 11 is 0. The van der Waals surface area contributed by atoms with Crippen LogP contribution in [0.15, 0.2) is 0 Å². The molecule has 18 heavy (non-hydrogen) atoms. The van der Waals surface area contributed by atoms with Gasteiger partial charge in [0.05, 0.1) is 0 Å². The Morgan fingerprint density at radius 1 is 1.06 bits per heavy atom. The van der Waals surface area contributed by atoms with E-state index in [-0.39, 0.29) is 0 Å². The van der Waals surface area contributed by atoms with E-state index in [9.17, 15) is 0 Å². The zero-order chi connectivity index (χ0) is 12.6. The van der Waals surface area contributed by atoms with E-state index in [1.165, 1.54) is 64.2 Å². The number of aromatic nitrogens is 3. The Labute approximate surface area is 111 Å². The van der Waals surface area contributed by atoms with Gasteiger partial charge in [0.2, 0.25) is 0 Å². The van der Waals surface area contributed by atoms with Gasteiger partial charge in [-0.05, 0) is 19.3 Å². The fourth-order valence-electron chi connectivity index (χ4n) is 2.86. The Morgan fingerprint density at radius 2 is 1.78 bits per heavy atom. The molecule has 0 unspecified atom stereocenters. The Hall–Kier alpha value is -0.860. The topological polar surface area (TPSA) is 41.6 Å². The van der Waals surface area contributed by atoms with Crippen molar-refractivity contribution in [2.24, 2.45) is 0 Å². The summed E-state index contributed by atoms with van der Waals surface area (Å²) in [6.07, 6.45) is 14.4. The van der Waals surface area contributed by atoms with Crippen molar-refractivity contribution >= 4 is 0 Å². The minimum absolute atomic E-state index is 0.638. The van der Waals surface area contributed by atoms with Crippen molar-refractivity contribution in [3.05, 3.63) is 11.6 Å². The zero-order valence-electron chi connectivity index (χ0n) is 11.7. The highest BCUT2D eigenvalue weighted by atomic mass is 15.2. The summed E-state index contributed by atoms with van der Waals surface area (Å²) < 4.78 is 0. The smallest absolute Gasteiger partial charge is 0.153 e. The summed E-state index contributed by atoms with van der Waals surface area (Å²) in [5, 5.41) is 7.51.